The molecule has 1 rings (SSSR count). The average Bonchev–Trinajstić information content (AvgIpc) is 2.12. The number of cyclic esters (lactones) is 1. The molecule has 0 bridgehead atoms. The Balaban J connectivity index is 2.94. The standard InChI is InChI=1S/C10H13F3O5S/c1-9(2,3)7-4-6(5-8(14)17-7)18-19(15,16)10(11,12)13/h5,7H,4H2,1-3H3. The van der Waals surface area contributed by atoms with E-state index in [9.17, 15) is 26.4 Å². The molecule has 0 saturated heterocycles. The van der Waals surface area contributed by atoms with Crippen molar-refractivity contribution in [1.29, 1.82) is 0 Å². The quantitative estimate of drug-likeness (QED) is 0.444. The molecule has 110 valence electrons. The van der Waals surface area contributed by atoms with Crippen LogP contribution in [0.15, 0.2) is 11.8 Å². The number of esters is 1. The molecule has 1 atom stereocenters. The van der Waals surface area contributed by atoms with Crippen molar-refractivity contribution >= 4 is 16.1 Å². The smallest absolute Gasteiger partial charge is 0.458 e. The van der Waals surface area contributed by atoms with Gasteiger partial charge in [0.05, 0.1) is 6.08 Å². The second kappa shape index (κ2) is 4.69. The average molecular weight is 302 g/mol. The number of halogens is 3. The Morgan fingerprint density at radius 3 is 2.26 bits per heavy atom. The molecule has 1 heterocycles. The number of alkyl halides is 3. The lowest BCUT2D eigenvalue weighted by Gasteiger charge is -2.32. The van der Waals surface area contributed by atoms with E-state index in [2.05, 4.69) is 4.18 Å². The van der Waals surface area contributed by atoms with Crippen LogP contribution in [0.25, 0.3) is 0 Å². The summed E-state index contributed by atoms with van der Waals surface area (Å²) in [5.74, 6) is -1.51. The van der Waals surface area contributed by atoms with Gasteiger partial charge < -0.3 is 8.92 Å². The summed E-state index contributed by atoms with van der Waals surface area (Å²) in [4.78, 5) is 11.2. The van der Waals surface area contributed by atoms with Crippen molar-refractivity contribution < 1.29 is 35.3 Å². The molecule has 0 aromatic heterocycles. The molecule has 9 heteroatoms. The maximum absolute atomic E-state index is 12.2. The van der Waals surface area contributed by atoms with E-state index in [4.69, 9.17) is 4.74 Å². The molecule has 0 amide bonds. The fourth-order valence-electron chi connectivity index (χ4n) is 1.32. The van der Waals surface area contributed by atoms with Crippen LogP contribution in [0.2, 0.25) is 0 Å². The summed E-state index contributed by atoms with van der Waals surface area (Å²) in [6.07, 6.45) is -0.390. The highest BCUT2D eigenvalue weighted by Crippen LogP contribution is 2.34. The summed E-state index contributed by atoms with van der Waals surface area (Å²) in [6.45, 7) is 5.10. The van der Waals surface area contributed by atoms with Crippen LogP contribution in [0, 0.1) is 5.41 Å². The fourth-order valence-corrected chi connectivity index (χ4v) is 1.81. The highest BCUT2D eigenvalue weighted by Gasteiger charge is 2.49. The predicted octanol–water partition coefficient (Wildman–Crippen LogP) is 2.10. The van der Waals surface area contributed by atoms with Gasteiger partial charge in [0.2, 0.25) is 0 Å². The zero-order valence-electron chi connectivity index (χ0n) is 10.4. The van der Waals surface area contributed by atoms with Crippen LogP contribution in [0.1, 0.15) is 27.2 Å². The van der Waals surface area contributed by atoms with Gasteiger partial charge in [0.1, 0.15) is 11.9 Å². The van der Waals surface area contributed by atoms with Crippen LogP contribution in [0.4, 0.5) is 13.2 Å². The van der Waals surface area contributed by atoms with Crippen LogP contribution >= 0.6 is 0 Å². The van der Waals surface area contributed by atoms with Crippen LogP contribution in [-0.4, -0.2) is 26.0 Å². The van der Waals surface area contributed by atoms with Crippen molar-refractivity contribution in [2.24, 2.45) is 5.41 Å². The Kier molecular flexibility index (Phi) is 3.91. The van der Waals surface area contributed by atoms with Crippen molar-refractivity contribution in [2.75, 3.05) is 0 Å². The normalized spacial score (nSPS) is 21.7. The van der Waals surface area contributed by atoms with Crippen LogP contribution in [0.5, 0.6) is 0 Å². The molecule has 1 aliphatic rings. The Morgan fingerprint density at radius 1 is 1.32 bits per heavy atom. The van der Waals surface area contributed by atoms with Gasteiger partial charge in [-0.3, -0.25) is 0 Å². The third kappa shape index (κ3) is 3.85. The second-order valence-electron chi connectivity index (χ2n) is 5.09. The SMILES string of the molecule is CC(C)(C)C1CC(OS(=O)(=O)C(F)(F)F)=CC(=O)O1. The van der Waals surface area contributed by atoms with E-state index in [0.29, 0.717) is 6.08 Å². The number of hydrogen-bond donors (Lipinski definition) is 0. The van der Waals surface area contributed by atoms with Crippen LogP contribution < -0.4 is 0 Å². The van der Waals surface area contributed by atoms with Gasteiger partial charge in [-0.15, -0.1) is 0 Å². The summed E-state index contributed by atoms with van der Waals surface area (Å²) in [7, 11) is -5.77. The van der Waals surface area contributed by atoms with E-state index < -0.39 is 38.9 Å². The molecule has 1 unspecified atom stereocenters. The predicted molar refractivity (Wildman–Crippen MR) is 58.1 cm³/mol. The van der Waals surface area contributed by atoms with Crippen LogP contribution in [0.3, 0.4) is 0 Å². The minimum Gasteiger partial charge on any atom is -0.458 e. The first-order chi connectivity index (χ1) is 8.33. The Labute approximate surface area is 108 Å². The van der Waals surface area contributed by atoms with E-state index in [1.54, 1.807) is 20.8 Å². The van der Waals surface area contributed by atoms with E-state index in [1.165, 1.54) is 0 Å². The van der Waals surface area contributed by atoms with Crippen molar-refractivity contribution in [3.63, 3.8) is 0 Å². The van der Waals surface area contributed by atoms with Gasteiger partial charge in [-0.2, -0.15) is 21.6 Å². The molecule has 19 heavy (non-hydrogen) atoms. The molecule has 0 aliphatic carbocycles. The lowest BCUT2D eigenvalue weighted by Crippen LogP contribution is -2.36. The zero-order valence-corrected chi connectivity index (χ0v) is 11.3. The monoisotopic (exact) mass is 302 g/mol. The lowest BCUT2D eigenvalue weighted by atomic mass is 9.86. The lowest BCUT2D eigenvalue weighted by molar-refractivity contribution is -0.151. The molecule has 0 N–H and O–H groups in total. The molecule has 1 aliphatic heterocycles. The summed E-state index contributed by atoms with van der Waals surface area (Å²) in [6, 6.07) is 0. The number of hydrogen-bond acceptors (Lipinski definition) is 5. The fraction of sp³-hybridized carbons (Fsp3) is 0.700. The summed E-state index contributed by atoms with van der Waals surface area (Å²) in [5, 5.41) is 0. The van der Waals surface area contributed by atoms with E-state index >= 15 is 0 Å². The first-order valence-electron chi connectivity index (χ1n) is 5.25. The van der Waals surface area contributed by atoms with Gasteiger partial charge in [-0.05, 0) is 5.41 Å². The third-order valence-corrected chi connectivity index (χ3v) is 3.39. The zero-order chi connectivity index (χ0) is 15.1. The first kappa shape index (κ1) is 15.8. The first-order valence-corrected chi connectivity index (χ1v) is 6.66. The molecule has 0 saturated carbocycles. The summed E-state index contributed by atoms with van der Waals surface area (Å²) >= 11 is 0. The van der Waals surface area contributed by atoms with Gasteiger partial charge >= 0.3 is 21.6 Å². The van der Waals surface area contributed by atoms with Gasteiger partial charge in [0.25, 0.3) is 0 Å². The molecule has 0 spiro atoms. The van der Waals surface area contributed by atoms with E-state index in [1.807, 2.05) is 0 Å². The topological polar surface area (TPSA) is 69.7 Å². The molecule has 0 aromatic rings. The Bertz CT molecular complexity index is 498. The third-order valence-electron chi connectivity index (χ3n) is 2.39. The summed E-state index contributed by atoms with van der Waals surface area (Å²) < 4.78 is 67.0. The number of carbonyl (C=O) groups is 1. The minimum atomic E-state index is -5.77. The second-order valence-corrected chi connectivity index (χ2v) is 6.63. The molecular formula is C10H13F3O5S. The van der Waals surface area contributed by atoms with Crippen molar-refractivity contribution in [3.8, 4) is 0 Å². The Morgan fingerprint density at radius 2 is 1.84 bits per heavy atom. The largest absolute Gasteiger partial charge is 0.534 e. The maximum atomic E-state index is 12.2. The molecular weight excluding hydrogens is 289 g/mol. The minimum absolute atomic E-state index is 0.232. The number of rotatable bonds is 2. The van der Waals surface area contributed by atoms with E-state index in [0.717, 1.165) is 0 Å². The Hall–Kier alpha value is -1.25. The summed E-state index contributed by atoms with van der Waals surface area (Å²) in [5.41, 5.74) is -6.09. The number of carbonyl (C=O) groups excluding carboxylic acids is 1. The highest BCUT2D eigenvalue weighted by atomic mass is 32.2. The van der Waals surface area contributed by atoms with Gasteiger partial charge in [-0.1, -0.05) is 20.8 Å². The van der Waals surface area contributed by atoms with Crippen molar-refractivity contribution in [2.45, 2.75) is 38.8 Å². The van der Waals surface area contributed by atoms with Crippen molar-refractivity contribution in [1.82, 2.24) is 0 Å². The van der Waals surface area contributed by atoms with Gasteiger partial charge in [0.15, 0.2) is 0 Å². The van der Waals surface area contributed by atoms with Crippen molar-refractivity contribution in [3.05, 3.63) is 11.8 Å². The van der Waals surface area contributed by atoms with Gasteiger partial charge in [-0.25, -0.2) is 4.79 Å². The van der Waals surface area contributed by atoms with E-state index in [-0.39, 0.29) is 6.42 Å². The van der Waals surface area contributed by atoms with Gasteiger partial charge in [0, 0.05) is 6.42 Å². The molecule has 0 aromatic carbocycles. The van der Waals surface area contributed by atoms with Crippen LogP contribution in [-0.2, 0) is 23.8 Å². The maximum Gasteiger partial charge on any atom is 0.534 e. The molecule has 0 fully saturated rings. The highest BCUT2D eigenvalue weighted by molar-refractivity contribution is 7.87. The molecule has 0 radical (unpaired) electrons. The number of ether oxygens (including phenoxy) is 1. The molecule has 5 nitrogen and oxygen atoms in total.